The lowest BCUT2D eigenvalue weighted by atomic mass is 10.0. The number of fused-ring (bicyclic) bond motifs is 1. The molecule has 0 aromatic heterocycles. The summed E-state index contributed by atoms with van der Waals surface area (Å²) in [5.74, 6) is -3.53. The molecule has 1 amide bonds. The molecule has 114 valence electrons. The number of rotatable bonds is 3. The maximum atomic E-state index is 13.5. The topological polar surface area (TPSA) is 44.4 Å². The van der Waals surface area contributed by atoms with E-state index >= 15 is 0 Å². The molecule has 21 heavy (non-hydrogen) atoms. The van der Waals surface area contributed by atoms with Crippen LogP contribution in [0.5, 0.6) is 0 Å². The molecule has 0 bridgehead atoms. The van der Waals surface area contributed by atoms with Crippen molar-refractivity contribution in [3.8, 4) is 0 Å². The molecule has 2 aliphatic rings. The summed E-state index contributed by atoms with van der Waals surface area (Å²) >= 11 is 0. The Morgan fingerprint density at radius 1 is 1.19 bits per heavy atom. The van der Waals surface area contributed by atoms with Crippen LogP contribution in [0.3, 0.4) is 0 Å². The summed E-state index contributed by atoms with van der Waals surface area (Å²) in [5, 5.41) is 5.60. The molecule has 2 N–H and O–H groups in total. The lowest BCUT2D eigenvalue weighted by Gasteiger charge is -2.16. The van der Waals surface area contributed by atoms with Crippen LogP contribution in [0.15, 0.2) is 12.1 Å². The van der Waals surface area contributed by atoms with E-state index in [9.17, 15) is 18.0 Å². The highest BCUT2D eigenvalue weighted by Gasteiger charge is 2.36. The summed E-state index contributed by atoms with van der Waals surface area (Å²) in [5.41, 5.74) is -0.333. The average molecular weight is 299 g/mol. The van der Waals surface area contributed by atoms with Crippen molar-refractivity contribution in [3.05, 3.63) is 29.6 Å². The first kappa shape index (κ1) is 14.3. The lowest BCUT2D eigenvalue weighted by Crippen LogP contribution is -2.34. The Balaban J connectivity index is 1.59. The van der Waals surface area contributed by atoms with E-state index in [0.717, 1.165) is 38.3 Å². The number of nitrogens with one attached hydrogen (secondary N) is 2. The molecule has 4 nitrogen and oxygen atoms in total. The van der Waals surface area contributed by atoms with Crippen molar-refractivity contribution >= 4 is 11.6 Å². The molecule has 0 spiro atoms. The molecule has 0 aliphatic carbocycles. The maximum absolute atomic E-state index is 13.5. The minimum atomic E-state index is -1.57. The summed E-state index contributed by atoms with van der Waals surface area (Å²) in [6.07, 6.45) is 0. The Bertz CT molecular complexity index is 555. The number of anilines is 1. The van der Waals surface area contributed by atoms with Crippen LogP contribution in [-0.2, 0) is 4.79 Å². The number of benzene rings is 1. The van der Waals surface area contributed by atoms with Crippen LogP contribution in [0, 0.1) is 29.3 Å². The number of nitrogens with zero attached hydrogens (tertiary/aromatic N) is 1. The molecular formula is C14H16F3N3O. The number of halogens is 3. The van der Waals surface area contributed by atoms with Gasteiger partial charge in [-0.2, -0.15) is 0 Å². The van der Waals surface area contributed by atoms with Crippen molar-refractivity contribution in [2.24, 2.45) is 11.8 Å². The summed E-state index contributed by atoms with van der Waals surface area (Å²) in [7, 11) is 0. The van der Waals surface area contributed by atoms with Gasteiger partial charge in [0.1, 0.15) is 0 Å². The van der Waals surface area contributed by atoms with Crippen LogP contribution in [0.4, 0.5) is 18.9 Å². The highest BCUT2D eigenvalue weighted by molar-refractivity contribution is 5.92. The van der Waals surface area contributed by atoms with Gasteiger partial charge in [0.05, 0.1) is 12.2 Å². The standard InChI is InChI=1S/C14H16F3N3O/c15-10-1-2-11(14(17)13(10)16)19-12(21)7-20-5-8-3-18-4-9(8)6-20/h1-2,8-9,18H,3-7H2,(H,19,21)/t8-,9+. The highest BCUT2D eigenvalue weighted by Crippen LogP contribution is 2.26. The van der Waals surface area contributed by atoms with Gasteiger partial charge in [-0.1, -0.05) is 0 Å². The van der Waals surface area contributed by atoms with E-state index in [2.05, 4.69) is 10.6 Å². The van der Waals surface area contributed by atoms with Crippen molar-refractivity contribution in [2.75, 3.05) is 38.0 Å². The average Bonchev–Trinajstić information content (AvgIpc) is 3.00. The van der Waals surface area contributed by atoms with Crippen LogP contribution in [0.2, 0.25) is 0 Å². The van der Waals surface area contributed by atoms with E-state index in [1.165, 1.54) is 0 Å². The Labute approximate surface area is 120 Å². The number of hydrogen-bond donors (Lipinski definition) is 2. The van der Waals surface area contributed by atoms with Crippen LogP contribution in [-0.4, -0.2) is 43.5 Å². The lowest BCUT2D eigenvalue weighted by molar-refractivity contribution is -0.117. The third-order valence-corrected chi connectivity index (χ3v) is 4.14. The molecule has 1 aromatic carbocycles. The van der Waals surface area contributed by atoms with Gasteiger partial charge in [0.2, 0.25) is 5.91 Å². The molecule has 3 rings (SSSR count). The van der Waals surface area contributed by atoms with Crippen LogP contribution < -0.4 is 10.6 Å². The molecule has 2 saturated heterocycles. The zero-order valence-electron chi connectivity index (χ0n) is 11.3. The normalized spacial score (nSPS) is 25.1. The molecule has 2 atom stereocenters. The maximum Gasteiger partial charge on any atom is 0.238 e. The van der Waals surface area contributed by atoms with Crippen molar-refractivity contribution in [3.63, 3.8) is 0 Å². The van der Waals surface area contributed by atoms with Gasteiger partial charge in [0, 0.05) is 13.1 Å². The second-order valence-corrected chi connectivity index (χ2v) is 5.64. The van der Waals surface area contributed by atoms with E-state index in [1.807, 2.05) is 4.90 Å². The smallest absolute Gasteiger partial charge is 0.238 e. The fraction of sp³-hybridized carbons (Fsp3) is 0.500. The quantitative estimate of drug-likeness (QED) is 0.824. The second-order valence-electron chi connectivity index (χ2n) is 5.64. The van der Waals surface area contributed by atoms with Crippen LogP contribution in [0.1, 0.15) is 0 Å². The number of carbonyl (C=O) groups excluding carboxylic acids is 1. The van der Waals surface area contributed by atoms with E-state index < -0.39 is 23.4 Å². The summed E-state index contributed by atoms with van der Waals surface area (Å²) < 4.78 is 39.4. The zero-order valence-corrected chi connectivity index (χ0v) is 11.3. The molecule has 2 aliphatic heterocycles. The number of amides is 1. The van der Waals surface area contributed by atoms with Crippen molar-refractivity contribution in [2.45, 2.75) is 0 Å². The molecule has 2 fully saturated rings. The molecule has 0 radical (unpaired) electrons. The molecule has 0 saturated carbocycles. The van der Waals surface area contributed by atoms with Crippen LogP contribution >= 0.6 is 0 Å². The Morgan fingerprint density at radius 2 is 1.86 bits per heavy atom. The van der Waals surface area contributed by atoms with E-state index in [-0.39, 0.29) is 12.2 Å². The largest absolute Gasteiger partial charge is 0.322 e. The van der Waals surface area contributed by atoms with Gasteiger partial charge in [-0.3, -0.25) is 9.69 Å². The predicted molar refractivity (Wildman–Crippen MR) is 71.2 cm³/mol. The predicted octanol–water partition coefficient (Wildman–Crippen LogP) is 1.19. The number of hydrogen-bond acceptors (Lipinski definition) is 3. The zero-order chi connectivity index (χ0) is 15.0. The minimum Gasteiger partial charge on any atom is -0.322 e. The van der Waals surface area contributed by atoms with Crippen molar-refractivity contribution in [1.29, 1.82) is 0 Å². The number of carbonyl (C=O) groups is 1. The fourth-order valence-corrected chi connectivity index (χ4v) is 3.10. The SMILES string of the molecule is O=C(CN1C[C@H]2CNC[C@H]2C1)Nc1ccc(F)c(F)c1F. The van der Waals surface area contributed by atoms with Crippen molar-refractivity contribution < 1.29 is 18.0 Å². The fourth-order valence-electron chi connectivity index (χ4n) is 3.10. The summed E-state index contributed by atoms with van der Waals surface area (Å²) in [6.45, 7) is 3.70. The molecule has 0 unspecified atom stereocenters. The molecule has 1 aromatic rings. The second kappa shape index (κ2) is 5.65. The molecule has 7 heteroatoms. The van der Waals surface area contributed by atoms with Crippen molar-refractivity contribution in [1.82, 2.24) is 10.2 Å². The third-order valence-electron chi connectivity index (χ3n) is 4.14. The number of likely N-dealkylation sites (tertiary alicyclic amines) is 1. The highest BCUT2D eigenvalue weighted by atomic mass is 19.2. The van der Waals surface area contributed by atoms with Gasteiger partial charge >= 0.3 is 0 Å². The summed E-state index contributed by atoms with van der Waals surface area (Å²) in [4.78, 5) is 13.9. The van der Waals surface area contributed by atoms with E-state index in [4.69, 9.17) is 0 Å². The van der Waals surface area contributed by atoms with Gasteiger partial charge in [0.25, 0.3) is 0 Å². The molecular weight excluding hydrogens is 283 g/mol. The first-order valence-corrected chi connectivity index (χ1v) is 6.91. The Kier molecular flexibility index (Phi) is 3.86. The Morgan fingerprint density at radius 3 is 2.52 bits per heavy atom. The molecule has 2 heterocycles. The van der Waals surface area contributed by atoms with Gasteiger partial charge < -0.3 is 10.6 Å². The van der Waals surface area contributed by atoms with Crippen LogP contribution in [0.25, 0.3) is 0 Å². The van der Waals surface area contributed by atoms with Gasteiger partial charge in [-0.15, -0.1) is 0 Å². The van der Waals surface area contributed by atoms with Gasteiger partial charge in [-0.25, -0.2) is 13.2 Å². The first-order chi connectivity index (χ1) is 10.0. The first-order valence-electron chi connectivity index (χ1n) is 6.91. The third kappa shape index (κ3) is 2.89. The Hall–Kier alpha value is -1.60. The minimum absolute atomic E-state index is 0.130. The van der Waals surface area contributed by atoms with E-state index in [0.29, 0.717) is 11.8 Å². The van der Waals surface area contributed by atoms with Gasteiger partial charge in [0.15, 0.2) is 17.5 Å². The van der Waals surface area contributed by atoms with E-state index in [1.54, 1.807) is 0 Å². The van der Waals surface area contributed by atoms with Gasteiger partial charge in [-0.05, 0) is 37.1 Å². The monoisotopic (exact) mass is 299 g/mol. The summed E-state index contributed by atoms with van der Waals surface area (Å²) in [6, 6.07) is 1.81.